The van der Waals surface area contributed by atoms with Crippen molar-refractivity contribution < 1.29 is 28.6 Å². The van der Waals surface area contributed by atoms with E-state index in [2.05, 4.69) is 34.6 Å². The molecule has 0 amide bonds. The second kappa shape index (κ2) is 52.8. The summed E-state index contributed by atoms with van der Waals surface area (Å²) < 4.78 is 16.9. The molecule has 1 atom stereocenters. The SMILES string of the molecule is CCCCCCCCCCCCCCCCCCCC(=O)O[C@H](COC(=O)CCCCCCCCCCCCCCCCCCCCC(C)C)COC(=O)CCCCCCCCCC(C)C. The summed E-state index contributed by atoms with van der Waals surface area (Å²) in [6, 6.07) is 0. The molecule has 0 aromatic heterocycles. The highest BCUT2D eigenvalue weighted by Crippen LogP contribution is 2.18. The molecule has 0 fully saturated rings. The average Bonchev–Trinajstić information content (AvgIpc) is 3.29. The molecule has 0 radical (unpaired) electrons. The first-order valence-corrected chi connectivity index (χ1v) is 29.7. The Balaban J connectivity index is 4.20. The molecule has 0 rings (SSSR count). The maximum Gasteiger partial charge on any atom is 0.306 e. The molecule has 0 aromatic rings. The van der Waals surface area contributed by atoms with Crippen molar-refractivity contribution in [2.45, 2.75) is 343 Å². The zero-order valence-electron chi connectivity index (χ0n) is 45.3. The van der Waals surface area contributed by atoms with Crippen molar-refractivity contribution in [2.75, 3.05) is 13.2 Å². The summed E-state index contributed by atoms with van der Waals surface area (Å²) in [4.78, 5) is 38.1. The number of unbranched alkanes of at least 4 members (excludes halogenated alkanes) is 39. The van der Waals surface area contributed by atoms with E-state index < -0.39 is 6.10 Å². The lowest BCUT2D eigenvalue weighted by Gasteiger charge is -2.18. The van der Waals surface area contributed by atoms with Crippen molar-refractivity contribution in [3.8, 4) is 0 Å². The van der Waals surface area contributed by atoms with Gasteiger partial charge in [0.1, 0.15) is 13.2 Å². The van der Waals surface area contributed by atoms with Crippen LogP contribution in [0.4, 0.5) is 0 Å². The van der Waals surface area contributed by atoms with Crippen molar-refractivity contribution in [3.63, 3.8) is 0 Å². The van der Waals surface area contributed by atoms with Gasteiger partial charge in [0.2, 0.25) is 0 Å². The number of carbonyl (C=O) groups excluding carboxylic acids is 3. The largest absolute Gasteiger partial charge is 0.462 e. The summed E-state index contributed by atoms with van der Waals surface area (Å²) in [6.07, 6.45) is 56.8. The Morgan fingerprint density at radius 2 is 0.500 bits per heavy atom. The molecule has 0 saturated carbocycles. The fraction of sp³-hybridized carbons (Fsp3) is 0.950. The van der Waals surface area contributed by atoms with Crippen LogP contribution in [0.1, 0.15) is 336 Å². The number of carbonyl (C=O) groups is 3. The zero-order chi connectivity index (χ0) is 48.2. The molecule has 0 aromatic carbocycles. The van der Waals surface area contributed by atoms with Crippen LogP contribution >= 0.6 is 0 Å². The molecule has 0 spiro atoms. The van der Waals surface area contributed by atoms with Gasteiger partial charge < -0.3 is 14.2 Å². The number of rotatable bonds is 54. The number of esters is 3. The average molecular weight is 934 g/mol. The Bertz CT molecular complexity index is 1010. The van der Waals surface area contributed by atoms with Gasteiger partial charge >= 0.3 is 17.9 Å². The summed E-state index contributed by atoms with van der Waals surface area (Å²) in [5, 5.41) is 0. The molecular formula is C60H116O6. The van der Waals surface area contributed by atoms with E-state index in [4.69, 9.17) is 14.2 Å². The lowest BCUT2D eigenvalue weighted by atomic mass is 10.0. The van der Waals surface area contributed by atoms with Crippen LogP contribution in [0.15, 0.2) is 0 Å². The minimum atomic E-state index is -0.763. The second-order valence-electron chi connectivity index (χ2n) is 21.6. The number of hydrogen-bond donors (Lipinski definition) is 0. The van der Waals surface area contributed by atoms with Crippen LogP contribution in [0.25, 0.3) is 0 Å². The molecule has 392 valence electrons. The maximum atomic E-state index is 12.8. The highest BCUT2D eigenvalue weighted by molar-refractivity contribution is 5.71. The van der Waals surface area contributed by atoms with Crippen molar-refractivity contribution in [3.05, 3.63) is 0 Å². The molecule has 0 bridgehead atoms. The Kier molecular flexibility index (Phi) is 51.5. The van der Waals surface area contributed by atoms with Gasteiger partial charge in [0.25, 0.3) is 0 Å². The summed E-state index contributed by atoms with van der Waals surface area (Å²) in [6.45, 7) is 11.4. The van der Waals surface area contributed by atoms with E-state index in [1.807, 2.05) is 0 Å². The van der Waals surface area contributed by atoms with E-state index in [0.29, 0.717) is 19.3 Å². The first-order chi connectivity index (χ1) is 32.2. The van der Waals surface area contributed by atoms with Gasteiger partial charge in [0.05, 0.1) is 0 Å². The summed E-state index contributed by atoms with van der Waals surface area (Å²) >= 11 is 0. The van der Waals surface area contributed by atoms with E-state index in [1.165, 1.54) is 225 Å². The van der Waals surface area contributed by atoms with Crippen LogP contribution in [0.3, 0.4) is 0 Å². The highest BCUT2D eigenvalue weighted by Gasteiger charge is 2.19. The molecule has 0 aliphatic rings. The van der Waals surface area contributed by atoms with Crippen LogP contribution in [0, 0.1) is 11.8 Å². The van der Waals surface area contributed by atoms with Gasteiger partial charge in [-0.25, -0.2) is 0 Å². The molecule has 0 heterocycles. The molecule has 66 heavy (non-hydrogen) atoms. The predicted octanol–water partition coefficient (Wildman–Crippen LogP) is 19.7. The predicted molar refractivity (Wildman–Crippen MR) is 284 cm³/mol. The Labute approximate surface area is 412 Å². The van der Waals surface area contributed by atoms with Crippen LogP contribution in [0.2, 0.25) is 0 Å². The van der Waals surface area contributed by atoms with Crippen LogP contribution in [0.5, 0.6) is 0 Å². The van der Waals surface area contributed by atoms with Gasteiger partial charge in [-0.05, 0) is 31.1 Å². The molecule has 6 nitrogen and oxygen atoms in total. The second-order valence-corrected chi connectivity index (χ2v) is 21.6. The molecule has 0 aliphatic carbocycles. The minimum Gasteiger partial charge on any atom is -0.462 e. The fourth-order valence-corrected chi connectivity index (χ4v) is 9.23. The molecular weight excluding hydrogens is 817 g/mol. The summed E-state index contributed by atoms with van der Waals surface area (Å²) in [5.41, 5.74) is 0. The smallest absolute Gasteiger partial charge is 0.306 e. The topological polar surface area (TPSA) is 78.9 Å². The Hall–Kier alpha value is -1.59. The van der Waals surface area contributed by atoms with E-state index in [1.54, 1.807) is 0 Å². The fourth-order valence-electron chi connectivity index (χ4n) is 9.23. The Morgan fingerprint density at radius 1 is 0.288 bits per heavy atom. The summed E-state index contributed by atoms with van der Waals surface area (Å²) in [7, 11) is 0. The minimum absolute atomic E-state index is 0.0631. The van der Waals surface area contributed by atoms with Gasteiger partial charge in [0.15, 0.2) is 6.10 Å². The van der Waals surface area contributed by atoms with Crippen LogP contribution in [-0.4, -0.2) is 37.2 Å². The standard InChI is InChI=1S/C60H116O6/c1-6-7-8-9-10-11-12-13-14-17-22-25-28-31-36-42-47-52-60(63)66-57(54-65-59(62)51-46-41-37-32-34-39-44-49-56(4)5)53-64-58(61)50-45-40-35-30-27-24-21-19-16-15-18-20-23-26-29-33-38-43-48-55(2)3/h55-57H,6-54H2,1-5H3/t57-/m1/s1. The molecule has 6 heteroatoms. The van der Waals surface area contributed by atoms with E-state index in [9.17, 15) is 14.4 Å². The lowest BCUT2D eigenvalue weighted by molar-refractivity contribution is -0.167. The highest BCUT2D eigenvalue weighted by atomic mass is 16.6. The monoisotopic (exact) mass is 933 g/mol. The van der Waals surface area contributed by atoms with Crippen molar-refractivity contribution in [2.24, 2.45) is 11.8 Å². The van der Waals surface area contributed by atoms with Gasteiger partial charge in [-0.15, -0.1) is 0 Å². The normalized spacial score (nSPS) is 12.0. The van der Waals surface area contributed by atoms with E-state index in [-0.39, 0.29) is 31.1 Å². The lowest BCUT2D eigenvalue weighted by Crippen LogP contribution is -2.30. The van der Waals surface area contributed by atoms with Crippen molar-refractivity contribution >= 4 is 17.9 Å². The summed E-state index contributed by atoms with van der Waals surface area (Å²) in [5.74, 6) is 0.799. The molecule has 0 aliphatic heterocycles. The number of hydrogen-bond acceptors (Lipinski definition) is 6. The number of ether oxygens (including phenoxy) is 3. The third kappa shape index (κ3) is 53.4. The molecule has 0 N–H and O–H groups in total. The van der Waals surface area contributed by atoms with Gasteiger partial charge in [-0.1, -0.05) is 298 Å². The van der Waals surface area contributed by atoms with Crippen molar-refractivity contribution in [1.29, 1.82) is 0 Å². The first kappa shape index (κ1) is 64.4. The first-order valence-electron chi connectivity index (χ1n) is 29.7. The van der Waals surface area contributed by atoms with Crippen LogP contribution < -0.4 is 0 Å². The van der Waals surface area contributed by atoms with E-state index >= 15 is 0 Å². The zero-order valence-corrected chi connectivity index (χ0v) is 45.3. The van der Waals surface area contributed by atoms with Crippen LogP contribution in [-0.2, 0) is 28.6 Å². The maximum absolute atomic E-state index is 12.8. The van der Waals surface area contributed by atoms with E-state index in [0.717, 1.165) is 69.6 Å². The molecule has 0 saturated heterocycles. The van der Waals surface area contributed by atoms with Gasteiger partial charge in [-0.3, -0.25) is 14.4 Å². The quantitative estimate of drug-likeness (QED) is 0.0343. The van der Waals surface area contributed by atoms with Crippen molar-refractivity contribution in [1.82, 2.24) is 0 Å². The van der Waals surface area contributed by atoms with Gasteiger partial charge in [-0.2, -0.15) is 0 Å². The van der Waals surface area contributed by atoms with Gasteiger partial charge in [0, 0.05) is 19.3 Å². The third-order valence-electron chi connectivity index (χ3n) is 13.7. The Morgan fingerprint density at radius 3 is 0.742 bits per heavy atom. The third-order valence-corrected chi connectivity index (χ3v) is 13.7. The molecule has 0 unspecified atom stereocenters.